The lowest BCUT2D eigenvalue weighted by Crippen LogP contribution is -2.43. The second-order valence-electron chi connectivity index (χ2n) is 6.13. The van der Waals surface area contributed by atoms with Crippen molar-refractivity contribution in [3.05, 3.63) is 47.5 Å². The molecule has 0 N–H and O–H groups in total. The summed E-state index contributed by atoms with van der Waals surface area (Å²) in [5.74, 6) is -1.29. The van der Waals surface area contributed by atoms with E-state index in [1.807, 2.05) is 31.2 Å². The Morgan fingerprint density at radius 3 is 2.00 bits per heavy atom. The molecule has 1 rings (SSSR count). The molecule has 28 heavy (non-hydrogen) atoms. The fraction of sp³-hybridized carbons (Fsp3) is 0.476. The van der Waals surface area contributed by atoms with E-state index in [-0.39, 0.29) is 32.7 Å². The molecule has 7 heteroatoms. The maximum absolute atomic E-state index is 12.8. The van der Waals surface area contributed by atoms with E-state index in [1.165, 1.54) is 7.11 Å². The number of aryl methyl sites for hydroxylation is 1. The molecular formula is C21H28O7. The molecule has 1 aromatic rings. The van der Waals surface area contributed by atoms with Gasteiger partial charge < -0.3 is 18.9 Å². The van der Waals surface area contributed by atoms with Gasteiger partial charge in [0.15, 0.2) is 5.41 Å². The molecule has 154 valence electrons. The predicted octanol–water partition coefficient (Wildman–Crippen LogP) is 3.38. The smallest absolute Gasteiger partial charge is 0.465 e. The van der Waals surface area contributed by atoms with Crippen LogP contribution in [0, 0.1) is 12.3 Å². The van der Waals surface area contributed by atoms with Crippen LogP contribution in [0.2, 0.25) is 0 Å². The minimum atomic E-state index is -1.52. The van der Waals surface area contributed by atoms with Crippen molar-refractivity contribution in [3.63, 3.8) is 0 Å². The second-order valence-corrected chi connectivity index (χ2v) is 6.13. The molecule has 0 bridgehead atoms. The third kappa shape index (κ3) is 6.72. The Labute approximate surface area is 165 Å². The Morgan fingerprint density at radius 2 is 1.50 bits per heavy atom. The van der Waals surface area contributed by atoms with Crippen molar-refractivity contribution >= 4 is 18.1 Å². The van der Waals surface area contributed by atoms with Crippen molar-refractivity contribution in [2.45, 2.75) is 33.6 Å². The van der Waals surface area contributed by atoms with Gasteiger partial charge in [0.1, 0.15) is 6.61 Å². The SMILES string of the molecule is CCOC(=O)C(C/C=C\COC(=O)OC)(Cc1ccc(C)cc1)C(=O)OCC. The molecule has 0 saturated heterocycles. The van der Waals surface area contributed by atoms with Gasteiger partial charge >= 0.3 is 18.1 Å². The van der Waals surface area contributed by atoms with Crippen LogP contribution in [0.5, 0.6) is 0 Å². The Kier molecular flexibility index (Phi) is 9.78. The van der Waals surface area contributed by atoms with Crippen molar-refractivity contribution in [3.8, 4) is 0 Å². The zero-order valence-corrected chi connectivity index (χ0v) is 16.9. The molecule has 0 aliphatic carbocycles. The van der Waals surface area contributed by atoms with E-state index in [2.05, 4.69) is 4.74 Å². The third-order valence-corrected chi connectivity index (χ3v) is 4.06. The van der Waals surface area contributed by atoms with Gasteiger partial charge in [0.05, 0.1) is 20.3 Å². The van der Waals surface area contributed by atoms with Gasteiger partial charge in [0.25, 0.3) is 0 Å². The number of benzene rings is 1. The van der Waals surface area contributed by atoms with Crippen molar-refractivity contribution in [1.29, 1.82) is 0 Å². The second kappa shape index (κ2) is 11.8. The summed E-state index contributed by atoms with van der Waals surface area (Å²) in [6, 6.07) is 7.56. The lowest BCUT2D eigenvalue weighted by molar-refractivity contribution is -0.171. The van der Waals surface area contributed by atoms with Gasteiger partial charge in [-0.15, -0.1) is 0 Å². The molecule has 1 aromatic carbocycles. The number of carbonyl (C=O) groups is 3. The van der Waals surface area contributed by atoms with E-state index >= 15 is 0 Å². The quantitative estimate of drug-likeness (QED) is 0.261. The number of carbonyl (C=O) groups excluding carboxylic acids is 3. The van der Waals surface area contributed by atoms with Crippen molar-refractivity contribution in [1.82, 2.24) is 0 Å². The summed E-state index contributed by atoms with van der Waals surface area (Å²) in [7, 11) is 1.21. The Bertz CT molecular complexity index is 658. The predicted molar refractivity (Wildman–Crippen MR) is 103 cm³/mol. The highest BCUT2D eigenvalue weighted by Gasteiger charge is 2.48. The summed E-state index contributed by atoms with van der Waals surface area (Å²) < 4.78 is 19.6. The molecule has 0 amide bonds. The highest BCUT2D eigenvalue weighted by Crippen LogP contribution is 2.32. The highest BCUT2D eigenvalue weighted by molar-refractivity contribution is 6.00. The van der Waals surface area contributed by atoms with Crippen molar-refractivity contribution in [2.75, 3.05) is 26.9 Å². The van der Waals surface area contributed by atoms with Gasteiger partial charge in [-0.2, -0.15) is 0 Å². The number of esters is 2. The molecule has 0 radical (unpaired) electrons. The van der Waals surface area contributed by atoms with Crippen LogP contribution in [0.3, 0.4) is 0 Å². The van der Waals surface area contributed by atoms with Gasteiger partial charge in [-0.05, 0) is 39.2 Å². The summed E-state index contributed by atoms with van der Waals surface area (Å²) in [5, 5.41) is 0. The molecule has 0 atom stereocenters. The maximum atomic E-state index is 12.8. The summed E-state index contributed by atoms with van der Waals surface area (Å²) >= 11 is 0. The van der Waals surface area contributed by atoms with E-state index in [0.717, 1.165) is 11.1 Å². The van der Waals surface area contributed by atoms with Crippen LogP contribution in [0.1, 0.15) is 31.4 Å². The molecule has 0 fully saturated rings. The molecule has 0 unspecified atom stereocenters. The maximum Gasteiger partial charge on any atom is 0.508 e. The first-order chi connectivity index (χ1) is 13.4. The molecular weight excluding hydrogens is 364 g/mol. The number of hydrogen-bond donors (Lipinski definition) is 0. The van der Waals surface area contributed by atoms with Crippen LogP contribution in [-0.4, -0.2) is 45.0 Å². The van der Waals surface area contributed by atoms with Gasteiger partial charge in [-0.3, -0.25) is 9.59 Å². The lowest BCUT2D eigenvalue weighted by atomic mass is 9.78. The number of methoxy groups -OCH3 is 1. The number of hydrogen-bond acceptors (Lipinski definition) is 7. The van der Waals surface area contributed by atoms with Crippen LogP contribution in [0.25, 0.3) is 0 Å². The van der Waals surface area contributed by atoms with Gasteiger partial charge in [0, 0.05) is 0 Å². The zero-order valence-electron chi connectivity index (χ0n) is 16.9. The Morgan fingerprint density at radius 1 is 0.929 bits per heavy atom. The van der Waals surface area contributed by atoms with E-state index < -0.39 is 23.5 Å². The Balaban J connectivity index is 3.13. The molecule has 0 aliphatic heterocycles. The van der Waals surface area contributed by atoms with Gasteiger partial charge in [0.2, 0.25) is 0 Å². The highest BCUT2D eigenvalue weighted by atomic mass is 16.7. The first-order valence-electron chi connectivity index (χ1n) is 9.15. The van der Waals surface area contributed by atoms with Crippen LogP contribution in [0.15, 0.2) is 36.4 Å². The Hall–Kier alpha value is -2.83. The largest absolute Gasteiger partial charge is 0.508 e. The van der Waals surface area contributed by atoms with Gasteiger partial charge in [-0.25, -0.2) is 4.79 Å². The van der Waals surface area contributed by atoms with E-state index in [0.29, 0.717) is 0 Å². The van der Waals surface area contributed by atoms with Crippen LogP contribution in [0.4, 0.5) is 4.79 Å². The van der Waals surface area contributed by atoms with E-state index in [9.17, 15) is 14.4 Å². The minimum absolute atomic E-state index is 0.0427. The van der Waals surface area contributed by atoms with E-state index in [4.69, 9.17) is 14.2 Å². The fourth-order valence-corrected chi connectivity index (χ4v) is 2.59. The molecule has 0 heterocycles. The van der Waals surface area contributed by atoms with Crippen LogP contribution in [-0.2, 0) is 35.0 Å². The number of allylic oxidation sites excluding steroid dienone is 1. The van der Waals surface area contributed by atoms with Crippen LogP contribution < -0.4 is 0 Å². The lowest BCUT2D eigenvalue weighted by Gasteiger charge is -2.28. The normalized spacial score (nSPS) is 11.1. The monoisotopic (exact) mass is 392 g/mol. The third-order valence-electron chi connectivity index (χ3n) is 4.06. The average molecular weight is 392 g/mol. The summed E-state index contributed by atoms with van der Waals surface area (Å²) in [6.45, 7) is 5.56. The first kappa shape index (κ1) is 23.2. The molecule has 0 spiro atoms. The average Bonchev–Trinajstić information content (AvgIpc) is 2.68. The van der Waals surface area contributed by atoms with E-state index in [1.54, 1.807) is 26.0 Å². The fourth-order valence-electron chi connectivity index (χ4n) is 2.59. The summed E-state index contributed by atoms with van der Waals surface area (Å²) in [6.07, 6.45) is 2.51. The molecule has 7 nitrogen and oxygen atoms in total. The number of ether oxygens (including phenoxy) is 4. The van der Waals surface area contributed by atoms with Crippen molar-refractivity contribution < 1.29 is 33.3 Å². The zero-order chi connectivity index (χ0) is 21.0. The number of rotatable bonds is 10. The first-order valence-corrected chi connectivity index (χ1v) is 9.15. The molecule has 0 aliphatic rings. The van der Waals surface area contributed by atoms with Crippen LogP contribution >= 0.6 is 0 Å². The van der Waals surface area contributed by atoms with Crippen molar-refractivity contribution in [2.24, 2.45) is 5.41 Å². The molecule has 0 aromatic heterocycles. The summed E-state index contributed by atoms with van der Waals surface area (Å²) in [5.41, 5.74) is 0.357. The van der Waals surface area contributed by atoms with Gasteiger partial charge in [-0.1, -0.05) is 42.0 Å². The molecule has 0 saturated carbocycles. The standard InChI is InChI=1S/C21H28O7/c1-5-26-18(22)21(19(23)27-6-2,13-7-8-14-28-20(24)25-4)15-17-11-9-16(3)10-12-17/h7-12H,5-6,13-15H2,1-4H3/b8-7-. The minimum Gasteiger partial charge on any atom is -0.465 e. The topological polar surface area (TPSA) is 88.1 Å². The summed E-state index contributed by atoms with van der Waals surface area (Å²) in [4.78, 5) is 36.6.